The molecule has 134 valence electrons. The summed E-state index contributed by atoms with van der Waals surface area (Å²) in [6.07, 6.45) is 1.68. The largest absolute Gasteiger partial charge is 0.345 e. The molecular weight excluding hydrogens is 368 g/mol. The molecule has 7 heteroatoms. The van der Waals surface area contributed by atoms with E-state index in [1.54, 1.807) is 37.1 Å². The van der Waals surface area contributed by atoms with Crippen LogP contribution < -0.4 is 0 Å². The molecule has 1 heterocycles. The molecule has 0 saturated carbocycles. The summed E-state index contributed by atoms with van der Waals surface area (Å²) >= 11 is 7.81. The first-order chi connectivity index (χ1) is 12.5. The molecule has 1 aromatic heterocycles. The van der Waals surface area contributed by atoms with E-state index >= 15 is 0 Å². The van der Waals surface area contributed by atoms with Crippen molar-refractivity contribution in [1.29, 1.82) is 0 Å². The third kappa shape index (κ3) is 4.08. The fourth-order valence-electron chi connectivity index (χ4n) is 2.38. The Morgan fingerprint density at radius 2 is 1.92 bits per heavy atom. The quantitative estimate of drug-likeness (QED) is 0.616. The number of carbonyl (C=O) groups is 1. The van der Waals surface area contributed by atoms with E-state index in [2.05, 4.69) is 10.2 Å². The molecule has 0 bridgehead atoms. The van der Waals surface area contributed by atoms with Crippen molar-refractivity contribution in [3.63, 3.8) is 0 Å². The van der Waals surface area contributed by atoms with Gasteiger partial charge in [0.05, 0.1) is 5.69 Å². The monoisotopic (exact) mass is 386 g/mol. The van der Waals surface area contributed by atoms with Crippen LogP contribution in [0.15, 0.2) is 53.9 Å². The summed E-state index contributed by atoms with van der Waals surface area (Å²) in [6.45, 7) is 1.97. The molecule has 3 rings (SSSR count). The van der Waals surface area contributed by atoms with E-state index in [0.29, 0.717) is 10.6 Å². The number of thioether (sulfide) groups is 1. The first-order valence-corrected chi connectivity index (χ1v) is 9.42. The molecule has 3 aromatic rings. The zero-order valence-electron chi connectivity index (χ0n) is 14.8. The van der Waals surface area contributed by atoms with Crippen LogP contribution in [0.1, 0.15) is 21.5 Å². The summed E-state index contributed by atoms with van der Waals surface area (Å²) in [5.74, 6) is 0.731. The highest BCUT2D eigenvalue weighted by molar-refractivity contribution is 7.98. The van der Waals surface area contributed by atoms with Crippen LogP contribution in [0.2, 0.25) is 5.02 Å². The number of halogens is 1. The van der Waals surface area contributed by atoms with Crippen LogP contribution in [0.25, 0.3) is 5.69 Å². The van der Waals surface area contributed by atoms with Gasteiger partial charge in [-0.2, -0.15) is 0 Å². The topological polar surface area (TPSA) is 51.0 Å². The van der Waals surface area contributed by atoms with Crippen LogP contribution >= 0.6 is 23.4 Å². The van der Waals surface area contributed by atoms with E-state index in [1.165, 1.54) is 0 Å². The van der Waals surface area contributed by atoms with E-state index in [4.69, 9.17) is 11.6 Å². The van der Waals surface area contributed by atoms with Gasteiger partial charge in [-0.3, -0.25) is 9.36 Å². The van der Waals surface area contributed by atoms with E-state index in [-0.39, 0.29) is 5.91 Å². The summed E-state index contributed by atoms with van der Waals surface area (Å²) in [5.41, 5.74) is 3.76. The lowest BCUT2D eigenvalue weighted by molar-refractivity contribution is 0.0827. The lowest BCUT2D eigenvalue weighted by Gasteiger charge is -2.10. The Morgan fingerprint density at radius 3 is 2.58 bits per heavy atom. The fourth-order valence-corrected chi connectivity index (χ4v) is 3.44. The molecule has 0 aliphatic heterocycles. The molecule has 0 aliphatic carbocycles. The summed E-state index contributed by atoms with van der Waals surface area (Å²) < 4.78 is 1.92. The molecule has 5 nitrogen and oxygen atoms in total. The van der Waals surface area contributed by atoms with Crippen LogP contribution in [0.3, 0.4) is 0 Å². The summed E-state index contributed by atoms with van der Waals surface area (Å²) in [5, 5.41) is 9.73. The van der Waals surface area contributed by atoms with Crippen molar-refractivity contribution in [3.8, 4) is 5.69 Å². The molecular formula is C19H19ClN4OS. The van der Waals surface area contributed by atoms with Crippen molar-refractivity contribution < 1.29 is 4.79 Å². The fraction of sp³-hybridized carbons (Fsp3) is 0.211. The maximum Gasteiger partial charge on any atom is 0.253 e. The Kier molecular flexibility index (Phi) is 5.64. The Labute approximate surface area is 162 Å². The maximum absolute atomic E-state index is 11.9. The number of hydrogen-bond donors (Lipinski definition) is 0. The minimum Gasteiger partial charge on any atom is -0.345 e. The van der Waals surface area contributed by atoms with Gasteiger partial charge in [0.15, 0.2) is 5.16 Å². The lowest BCUT2D eigenvalue weighted by atomic mass is 10.1. The second-order valence-electron chi connectivity index (χ2n) is 6.10. The molecule has 0 fully saturated rings. The molecule has 0 radical (unpaired) electrons. The standard InChI is InChI=1S/C19H19ClN4OS/c1-13-4-9-16(10-17(13)20)24-12-21-22-19(24)26-11-14-5-7-15(8-6-14)18(25)23(2)3/h4-10,12H,11H2,1-3H3. The van der Waals surface area contributed by atoms with Gasteiger partial charge >= 0.3 is 0 Å². The van der Waals surface area contributed by atoms with Gasteiger partial charge in [-0.1, -0.05) is 41.6 Å². The molecule has 0 N–H and O–H groups in total. The second-order valence-corrected chi connectivity index (χ2v) is 7.45. The zero-order valence-corrected chi connectivity index (χ0v) is 16.4. The van der Waals surface area contributed by atoms with Gasteiger partial charge in [-0.05, 0) is 42.3 Å². The molecule has 0 saturated heterocycles. The number of aromatic nitrogens is 3. The average Bonchev–Trinajstić information content (AvgIpc) is 3.10. The Bertz CT molecular complexity index is 922. The van der Waals surface area contributed by atoms with Crippen molar-refractivity contribution >= 4 is 29.3 Å². The van der Waals surface area contributed by atoms with Gasteiger partial charge in [-0.25, -0.2) is 0 Å². The van der Waals surface area contributed by atoms with E-state index < -0.39 is 0 Å². The van der Waals surface area contributed by atoms with Crippen LogP contribution in [-0.2, 0) is 5.75 Å². The maximum atomic E-state index is 11.9. The first-order valence-electron chi connectivity index (χ1n) is 8.05. The van der Waals surface area contributed by atoms with E-state index in [1.807, 2.05) is 54.0 Å². The summed E-state index contributed by atoms with van der Waals surface area (Å²) in [6, 6.07) is 13.5. The SMILES string of the molecule is Cc1ccc(-n2cnnc2SCc2ccc(C(=O)N(C)C)cc2)cc1Cl. The van der Waals surface area contributed by atoms with Crippen molar-refractivity contribution in [2.75, 3.05) is 14.1 Å². The van der Waals surface area contributed by atoms with Gasteiger partial charge in [0.1, 0.15) is 6.33 Å². The molecule has 2 aromatic carbocycles. The number of aryl methyl sites for hydroxylation is 1. The van der Waals surface area contributed by atoms with Crippen molar-refractivity contribution in [2.24, 2.45) is 0 Å². The third-order valence-corrected chi connectivity index (χ3v) is 5.35. The zero-order chi connectivity index (χ0) is 18.7. The molecule has 0 aliphatic rings. The minimum atomic E-state index is 0.000181. The smallest absolute Gasteiger partial charge is 0.253 e. The van der Waals surface area contributed by atoms with Crippen molar-refractivity contribution in [1.82, 2.24) is 19.7 Å². The number of hydrogen-bond acceptors (Lipinski definition) is 4. The lowest BCUT2D eigenvalue weighted by Crippen LogP contribution is -2.21. The second kappa shape index (κ2) is 7.93. The van der Waals surface area contributed by atoms with Gasteiger partial charge in [-0.15, -0.1) is 10.2 Å². The van der Waals surface area contributed by atoms with Gasteiger partial charge in [0.2, 0.25) is 0 Å². The van der Waals surface area contributed by atoms with Crippen molar-refractivity contribution in [2.45, 2.75) is 17.8 Å². The van der Waals surface area contributed by atoms with Crippen LogP contribution in [0.4, 0.5) is 0 Å². The predicted molar refractivity (Wildman–Crippen MR) is 105 cm³/mol. The minimum absolute atomic E-state index is 0.000181. The molecule has 0 unspecified atom stereocenters. The third-order valence-electron chi connectivity index (χ3n) is 3.93. The van der Waals surface area contributed by atoms with Crippen LogP contribution in [0, 0.1) is 6.92 Å². The molecule has 0 spiro atoms. The highest BCUT2D eigenvalue weighted by atomic mass is 35.5. The average molecular weight is 387 g/mol. The number of rotatable bonds is 5. The van der Waals surface area contributed by atoms with E-state index in [0.717, 1.165) is 27.7 Å². The highest BCUT2D eigenvalue weighted by Crippen LogP contribution is 2.26. The van der Waals surface area contributed by atoms with Crippen LogP contribution in [-0.4, -0.2) is 39.7 Å². The predicted octanol–water partition coefficient (Wildman–Crippen LogP) is 4.22. The van der Waals surface area contributed by atoms with Gasteiger partial charge < -0.3 is 4.90 Å². The van der Waals surface area contributed by atoms with Gasteiger partial charge in [0, 0.05) is 30.4 Å². The Balaban J connectivity index is 1.72. The summed E-state index contributed by atoms with van der Waals surface area (Å²) in [7, 11) is 3.49. The van der Waals surface area contributed by atoms with Crippen molar-refractivity contribution in [3.05, 3.63) is 70.5 Å². The Morgan fingerprint density at radius 1 is 1.19 bits per heavy atom. The highest BCUT2D eigenvalue weighted by Gasteiger charge is 2.10. The summed E-state index contributed by atoms with van der Waals surface area (Å²) in [4.78, 5) is 13.5. The number of carbonyl (C=O) groups excluding carboxylic acids is 1. The molecule has 1 amide bonds. The number of benzene rings is 2. The number of amides is 1. The normalized spacial score (nSPS) is 10.8. The molecule has 26 heavy (non-hydrogen) atoms. The van der Waals surface area contributed by atoms with Crippen LogP contribution in [0.5, 0.6) is 0 Å². The van der Waals surface area contributed by atoms with Gasteiger partial charge in [0.25, 0.3) is 5.91 Å². The molecule has 0 atom stereocenters. The first kappa shape index (κ1) is 18.5. The van der Waals surface area contributed by atoms with E-state index in [9.17, 15) is 4.79 Å². The number of nitrogens with zero attached hydrogens (tertiary/aromatic N) is 4. The Hall–Kier alpha value is -2.31.